The van der Waals surface area contributed by atoms with E-state index in [9.17, 15) is 0 Å². The smallest absolute Gasteiger partial charge is 0.164 e. The van der Waals surface area contributed by atoms with Gasteiger partial charge in [-0.3, -0.25) is 0 Å². The van der Waals surface area contributed by atoms with E-state index in [2.05, 4.69) is 185 Å². The van der Waals surface area contributed by atoms with E-state index < -0.39 is 0 Å². The molecule has 0 fully saturated rings. The molecule has 11 heteroatoms. The first kappa shape index (κ1) is 53.7. The van der Waals surface area contributed by atoms with Crippen molar-refractivity contribution in [3.05, 3.63) is 297 Å². The number of pyridine rings is 1. The fraction of sp³-hybridized carbons (Fsp3) is 0. The molecule has 0 N–H and O–H groups in total. The Kier molecular flexibility index (Phi) is 12.4. The number of aromatic nitrogens is 9. The molecule has 94 heavy (non-hydrogen) atoms. The number of rotatable bonds is 10. The molecule has 19 aromatic rings. The molecule has 0 radical (unpaired) electrons. The van der Waals surface area contributed by atoms with Gasteiger partial charge >= 0.3 is 0 Å². The van der Waals surface area contributed by atoms with E-state index in [1.54, 1.807) is 0 Å². The van der Waals surface area contributed by atoms with Crippen molar-refractivity contribution in [3.8, 4) is 102 Å². The summed E-state index contributed by atoms with van der Waals surface area (Å²) < 4.78 is 9.89. The fourth-order valence-electron chi connectivity index (χ4n) is 13.7. The molecular weight excluding hydrogens is 1190 g/mol. The summed E-state index contributed by atoms with van der Waals surface area (Å²) in [7, 11) is 0. The fourth-order valence-corrected chi connectivity index (χ4v) is 15.8. The van der Waals surface area contributed by atoms with Crippen LogP contribution in [0.25, 0.3) is 186 Å². The first-order valence-electron chi connectivity index (χ1n) is 31.3. The van der Waals surface area contributed by atoms with Gasteiger partial charge in [-0.2, -0.15) is 0 Å². The molecule has 0 saturated heterocycles. The highest BCUT2D eigenvalue weighted by Gasteiger charge is 2.25. The van der Waals surface area contributed by atoms with Gasteiger partial charge in [-0.25, -0.2) is 34.9 Å². The quantitative estimate of drug-likeness (QED) is 0.134. The third-order valence-electron chi connectivity index (χ3n) is 18.0. The van der Waals surface area contributed by atoms with Crippen molar-refractivity contribution in [2.24, 2.45) is 0 Å². The number of thiophene rings is 2. The Morgan fingerprint density at radius 3 is 0.915 bits per heavy atom. The average Bonchev–Trinajstić information content (AvgIpc) is 1.55. The van der Waals surface area contributed by atoms with Gasteiger partial charge in [0.15, 0.2) is 34.9 Å². The summed E-state index contributed by atoms with van der Waals surface area (Å²) in [5.74, 6) is 3.26. The molecule has 0 amide bonds. The molecule has 0 spiro atoms. The Labute approximate surface area is 546 Å². The monoisotopic (exact) mass is 1240 g/mol. The molecule has 0 unspecified atom stereocenters. The molecule has 438 valence electrons. The summed E-state index contributed by atoms with van der Waals surface area (Å²) >= 11 is 3.66. The SMILES string of the molecule is c1ccc(-c2nc(-c3ccccc3)nc(-c3cc(-c4nc(-c5ccccc5)nc(-c5ccccc5)n4)cc(-n4c5ccccc5c5c6c7ccccc7n(-c7cc(-c8ccc9sc%10ccccc%10c9c8)nc(-c8ccc9sc%10ccccc%10c9c8)c7)c6ccc54)c3)n2)cc1. The lowest BCUT2D eigenvalue weighted by Crippen LogP contribution is -2.03. The number of nitrogens with zero attached hydrogens (tertiary/aromatic N) is 9. The normalized spacial score (nSPS) is 11.8. The molecule has 7 aromatic heterocycles. The summed E-state index contributed by atoms with van der Waals surface area (Å²) in [6.45, 7) is 0. The molecule has 0 aliphatic heterocycles. The predicted octanol–water partition coefficient (Wildman–Crippen LogP) is 21.7. The van der Waals surface area contributed by atoms with E-state index in [1.807, 2.05) is 144 Å². The molecule has 7 heterocycles. The zero-order valence-corrected chi connectivity index (χ0v) is 51.8. The van der Waals surface area contributed by atoms with Crippen molar-refractivity contribution in [2.75, 3.05) is 0 Å². The molecule has 0 aliphatic rings. The third kappa shape index (κ3) is 9.00. The summed E-state index contributed by atoms with van der Waals surface area (Å²) in [4.78, 5) is 37.1. The Hall–Kier alpha value is -12.2. The summed E-state index contributed by atoms with van der Waals surface area (Å²) in [6, 6.07) is 105. The lowest BCUT2D eigenvalue weighted by Gasteiger charge is -2.15. The van der Waals surface area contributed by atoms with E-state index in [0.717, 1.165) is 111 Å². The van der Waals surface area contributed by atoms with Crippen molar-refractivity contribution >= 4 is 107 Å². The molecule has 0 bridgehead atoms. The number of para-hydroxylation sites is 2. The molecule has 0 atom stereocenters. The highest BCUT2D eigenvalue weighted by molar-refractivity contribution is 7.26. The molecule has 9 nitrogen and oxygen atoms in total. The van der Waals surface area contributed by atoms with Crippen LogP contribution in [0.1, 0.15) is 0 Å². The van der Waals surface area contributed by atoms with Crippen molar-refractivity contribution in [2.45, 2.75) is 0 Å². The number of hydrogen-bond donors (Lipinski definition) is 0. The maximum atomic E-state index is 5.62. The first-order valence-corrected chi connectivity index (χ1v) is 32.9. The van der Waals surface area contributed by atoms with Gasteiger partial charge in [-0.1, -0.05) is 206 Å². The lowest BCUT2D eigenvalue weighted by atomic mass is 10.0. The van der Waals surface area contributed by atoms with Crippen LogP contribution in [0.3, 0.4) is 0 Å². The van der Waals surface area contributed by atoms with Crippen molar-refractivity contribution < 1.29 is 0 Å². The Morgan fingerprint density at radius 2 is 0.521 bits per heavy atom. The van der Waals surface area contributed by atoms with Gasteiger partial charge in [0.25, 0.3) is 0 Å². The predicted molar refractivity (Wildman–Crippen MR) is 389 cm³/mol. The zero-order chi connectivity index (χ0) is 61.8. The van der Waals surface area contributed by atoms with Gasteiger partial charge in [-0.05, 0) is 91.0 Å². The molecule has 19 rings (SSSR count). The number of benzene rings is 12. The van der Waals surface area contributed by atoms with E-state index >= 15 is 0 Å². The Bertz CT molecular complexity index is 5840. The summed E-state index contributed by atoms with van der Waals surface area (Å²) in [6.07, 6.45) is 0. The van der Waals surface area contributed by atoms with Crippen molar-refractivity contribution in [1.82, 2.24) is 44.0 Å². The van der Waals surface area contributed by atoms with Crippen LogP contribution in [-0.2, 0) is 0 Å². The van der Waals surface area contributed by atoms with Crippen LogP contribution < -0.4 is 0 Å². The maximum Gasteiger partial charge on any atom is 0.164 e. The van der Waals surface area contributed by atoms with Gasteiger partial charge < -0.3 is 9.13 Å². The molecule has 0 saturated carbocycles. The minimum atomic E-state index is 0.505. The largest absolute Gasteiger partial charge is 0.309 e. The molecule has 12 aromatic carbocycles. The second kappa shape index (κ2) is 21.8. The van der Waals surface area contributed by atoms with Crippen LogP contribution in [0.4, 0.5) is 0 Å². The zero-order valence-electron chi connectivity index (χ0n) is 50.1. The first-order chi connectivity index (χ1) is 46.5. The number of fused-ring (bicyclic) bond motifs is 13. The van der Waals surface area contributed by atoms with Gasteiger partial charge in [0.1, 0.15) is 0 Å². The summed E-state index contributed by atoms with van der Waals surface area (Å²) in [5, 5.41) is 9.49. The Balaban J connectivity index is 0.861. The van der Waals surface area contributed by atoms with E-state index in [4.69, 9.17) is 34.9 Å². The van der Waals surface area contributed by atoms with Gasteiger partial charge in [-0.15, -0.1) is 22.7 Å². The average molecular weight is 1240 g/mol. The number of hydrogen-bond acceptors (Lipinski definition) is 9. The topological polar surface area (TPSA) is 100 Å². The van der Waals surface area contributed by atoms with E-state index in [1.165, 1.54) is 40.3 Å². The lowest BCUT2D eigenvalue weighted by molar-refractivity contribution is 1.06. The maximum absolute atomic E-state index is 5.62. The molecular formula is C83H49N9S2. The minimum absolute atomic E-state index is 0.505. The molecule has 0 aliphatic carbocycles. The van der Waals surface area contributed by atoms with Gasteiger partial charge in [0.05, 0.1) is 39.1 Å². The second-order valence-electron chi connectivity index (χ2n) is 23.6. The van der Waals surface area contributed by atoms with Crippen LogP contribution in [0.15, 0.2) is 297 Å². The highest BCUT2D eigenvalue weighted by Crippen LogP contribution is 2.46. The Morgan fingerprint density at radius 1 is 0.202 bits per heavy atom. The van der Waals surface area contributed by atoms with Crippen molar-refractivity contribution in [1.29, 1.82) is 0 Å². The van der Waals surface area contributed by atoms with Gasteiger partial charge in [0.2, 0.25) is 0 Å². The van der Waals surface area contributed by atoms with Crippen LogP contribution in [-0.4, -0.2) is 44.0 Å². The summed E-state index contributed by atoms with van der Waals surface area (Å²) in [5.41, 5.74) is 15.1. The van der Waals surface area contributed by atoms with Crippen molar-refractivity contribution in [3.63, 3.8) is 0 Å². The third-order valence-corrected chi connectivity index (χ3v) is 20.3. The minimum Gasteiger partial charge on any atom is -0.309 e. The van der Waals surface area contributed by atoms with E-state index in [0.29, 0.717) is 34.9 Å². The van der Waals surface area contributed by atoms with Crippen LogP contribution in [0.5, 0.6) is 0 Å². The van der Waals surface area contributed by atoms with Crippen LogP contribution in [0.2, 0.25) is 0 Å². The van der Waals surface area contributed by atoms with Gasteiger partial charge in [0, 0.05) is 112 Å². The second-order valence-corrected chi connectivity index (χ2v) is 25.8. The van der Waals surface area contributed by atoms with E-state index in [-0.39, 0.29) is 0 Å². The van der Waals surface area contributed by atoms with Crippen LogP contribution >= 0.6 is 22.7 Å². The standard InChI is InChI=1S/C83H49N9S2/c1-5-21-50(22-6-1)78-85-79(51-23-7-2-8-24-51)88-82(87-78)56-43-57(83-89-80(52-25-9-3-10-26-52)86-81(90-83)53-27-11-4-12-28-53)45-58(44-56)91-68-33-17-13-31-62(68)76-70(91)39-40-71-77(76)63-32-14-18-34-69(63)92(71)59-48-66(54-37-41-74-64(46-54)60-29-15-19-35-72(60)93-74)84-67(49-59)55-38-42-75-65(47-55)61-30-16-20-36-73(61)94-75/h1-49H. The van der Waals surface area contributed by atoms with Crippen LogP contribution in [0, 0.1) is 0 Å². The highest BCUT2D eigenvalue weighted by atomic mass is 32.1.